The molecule has 118 valence electrons. The largest absolute Gasteiger partial charge is 0.369 e. The van der Waals surface area contributed by atoms with Crippen molar-refractivity contribution in [2.24, 2.45) is 0 Å². The summed E-state index contributed by atoms with van der Waals surface area (Å²) in [5.41, 5.74) is 1.19. The van der Waals surface area contributed by atoms with E-state index in [2.05, 4.69) is 33.0 Å². The van der Waals surface area contributed by atoms with Gasteiger partial charge in [0.1, 0.15) is 0 Å². The summed E-state index contributed by atoms with van der Waals surface area (Å²) in [4.78, 5) is 16.0. The molecule has 1 amide bonds. The Kier molecular flexibility index (Phi) is 6.57. The van der Waals surface area contributed by atoms with Crippen molar-refractivity contribution in [3.05, 3.63) is 29.3 Å². The van der Waals surface area contributed by atoms with Crippen LogP contribution < -0.4 is 10.2 Å². The molecule has 0 aromatic heterocycles. The predicted octanol–water partition coefficient (Wildman–Crippen LogP) is 1.99. The molecule has 1 N–H and O–H groups in total. The summed E-state index contributed by atoms with van der Waals surface area (Å²) < 4.78 is 0. The normalized spacial score (nSPS) is 15.1. The molecule has 4 nitrogen and oxygen atoms in total. The van der Waals surface area contributed by atoms with Crippen LogP contribution in [-0.2, 0) is 4.79 Å². The Morgan fingerprint density at radius 3 is 2.77 bits per heavy atom. The van der Waals surface area contributed by atoms with E-state index in [-0.39, 0.29) is 5.91 Å². The molecule has 0 radical (unpaired) electrons. The van der Waals surface area contributed by atoms with E-state index in [1.807, 2.05) is 18.2 Å². The molecule has 0 unspecified atom stereocenters. The molecular formula is C17H22ClN3O. The minimum atomic E-state index is -0.187. The molecule has 22 heavy (non-hydrogen) atoms. The minimum absolute atomic E-state index is 0.187. The molecule has 5 heteroatoms. The summed E-state index contributed by atoms with van der Waals surface area (Å²) in [6.07, 6.45) is 0.953. The molecule has 1 saturated heterocycles. The van der Waals surface area contributed by atoms with Crippen LogP contribution in [-0.4, -0.2) is 50.1 Å². The molecule has 1 aromatic rings. The van der Waals surface area contributed by atoms with Gasteiger partial charge in [-0.25, -0.2) is 0 Å². The number of benzene rings is 1. The number of nitrogens with one attached hydrogen (secondary N) is 1. The lowest BCUT2D eigenvalue weighted by molar-refractivity contribution is -0.115. The van der Waals surface area contributed by atoms with Crippen molar-refractivity contribution in [1.29, 1.82) is 0 Å². The molecule has 0 aliphatic carbocycles. The lowest BCUT2D eigenvalue weighted by Crippen LogP contribution is -2.47. The van der Waals surface area contributed by atoms with Gasteiger partial charge in [-0.05, 0) is 44.0 Å². The van der Waals surface area contributed by atoms with Gasteiger partial charge < -0.3 is 10.2 Å². The quantitative estimate of drug-likeness (QED) is 0.666. The number of hydrogen-bond donors (Lipinski definition) is 1. The number of amides is 1. The first kappa shape index (κ1) is 16.7. The van der Waals surface area contributed by atoms with E-state index in [0.717, 1.165) is 44.2 Å². The highest BCUT2D eigenvalue weighted by atomic mass is 35.5. The molecule has 1 aliphatic heterocycles. The summed E-state index contributed by atoms with van der Waals surface area (Å²) >= 11 is 6.04. The fraction of sp³-hybridized carbons (Fsp3) is 0.471. The van der Waals surface area contributed by atoms with Crippen molar-refractivity contribution < 1.29 is 4.79 Å². The number of halogens is 1. The second-order valence-electron chi connectivity index (χ2n) is 5.29. The van der Waals surface area contributed by atoms with Gasteiger partial charge in [-0.2, -0.15) is 0 Å². The summed E-state index contributed by atoms with van der Waals surface area (Å²) in [6, 6.07) is 8.01. The maximum absolute atomic E-state index is 11.2. The van der Waals surface area contributed by atoms with Crippen LogP contribution in [0.3, 0.4) is 0 Å². The third-order valence-corrected chi connectivity index (χ3v) is 3.96. The van der Waals surface area contributed by atoms with E-state index in [9.17, 15) is 4.79 Å². The van der Waals surface area contributed by atoms with Crippen molar-refractivity contribution in [2.45, 2.75) is 13.3 Å². The zero-order chi connectivity index (χ0) is 15.8. The minimum Gasteiger partial charge on any atom is -0.369 e. The monoisotopic (exact) mass is 319 g/mol. The Morgan fingerprint density at radius 2 is 2.09 bits per heavy atom. The molecule has 0 atom stereocenters. The van der Waals surface area contributed by atoms with Crippen LogP contribution in [0.25, 0.3) is 0 Å². The molecule has 0 saturated carbocycles. The lowest BCUT2D eigenvalue weighted by atomic mass is 10.2. The third kappa shape index (κ3) is 5.25. The van der Waals surface area contributed by atoms with Gasteiger partial charge in [0.2, 0.25) is 0 Å². The molecule has 1 aromatic carbocycles. The van der Waals surface area contributed by atoms with Crippen molar-refractivity contribution in [2.75, 3.05) is 44.2 Å². The molecule has 0 bridgehead atoms. The average molecular weight is 320 g/mol. The van der Waals surface area contributed by atoms with E-state index in [4.69, 9.17) is 11.6 Å². The van der Waals surface area contributed by atoms with Gasteiger partial charge in [-0.1, -0.05) is 23.6 Å². The van der Waals surface area contributed by atoms with Gasteiger partial charge in [0, 0.05) is 43.4 Å². The number of rotatable bonds is 5. The number of piperazine rings is 1. The smallest absolute Gasteiger partial charge is 0.295 e. The van der Waals surface area contributed by atoms with Gasteiger partial charge in [-0.15, -0.1) is 0 Å². The highest BCUT2D eigenvalue weighted by molar-refractivity contribution is 6.30. The number of nitrogens with zero attached hydrogens (tertiary/aromatic N) is 2. The number of anilines is 1. The molecular weight excluding hydrogens is 298 g/mol. The van der Waals surface area contributed by atoms with Crippen molar-refractivity contribution in [1.82, 2.24) is 10.2 Å². The van der Waals surface area contributed by atoms with E-state index in [1.54, 1.807) is 6.92 Å². The van der Waals surface area contributed by atoms with Crippen LogP contribution in [0.4, 0.5) is 5.69 Å². The maximum Gasteiger partial charge on any atom is 0.295 e. The molecule has 1 fully saturated rings. The highest BCUT2D eigenvalue weighted by Gasteiger charge is 2.16. The number of carbonyl (C=O) groups excluding carboxylic acids is 1. The summed E-state index contributed by atoms with van der Waals surface area (Å²) in [7, 11) is 0. The second-order valence-corrected chi connectivity index (χ2v) is 5.73. The van der Waals surface area contributed by atoms with Crippen LogP contribution in [0.2, 0.25) is 5.02 Å². The fourth-order valence-corrected chi connectivity index (χ4v) is 2.75. The first-order chi connectivity index (χ1) is 10.7. The maximum atomic E-state index is 11.2. The number of hydrogen-bond acceptors (Lipinski definition) is 3. The Morgan fingerprint density at radius 1 is 1.32 bits per heavy atom. The zero-order valence-corrected chi connectivity index (χ0v) is 13.7. The van der Waals surface area contributed by atoms with Gasteiger partial charge in [-0.3, -0.25) is 9.69 Å². The third-order valence-electron chi connectivity index (χ3n) is 3.72. The van der Waals surface area contributed by atoms with E-state index >= 15 is 0 Å². The Balaban J connectivity index is 1.67. The van der Waals surface area contributed by atoms with Crippen LogP contribution in [0, 0.1) is 11.8 Å². The standard InChI is InChI=1S/C17H22ClN3O/c1-2-5-17(22)19-8-4-9-20-10-12-21(13-11-20)16-7-3-6-15(18)14-16/h3,6-7,14H,4,8-13H2,1H3,(H,19,22). The van der Waals surface area contributed by atoms with Crippen LogP contribution in [0.1, 0.15) is 13.3 Å². The summed E-state index contributed by atoms with van der Waals surface area (Å²) in [5, 5.41) is 3.58. The predicted molar refractivity (Wildman–Crippen MR) is 91.2 cm³/mol. The molecule has 2 rings (SSSR count). The Bertz CT molecular complexity index is 557. The van der Waals surface area contributed by atoms with Crippen LogP contribution >= 0.6 is 11.6 Å². The first-order valence-corrected chi connectivity index (χ1v) is 8.00. The highest BCUT2D eigenvalue weighted by Crippen LogP contribution is 2.20. The number of carbonyl (C=O) groups is 1. The van der Waals surface area contributed by atoms with Gasteiger partial charge >= 0.3 is 0 Å². The van der Waals surface area contributed by atoms with Crippen LogP contribution in [0.5, 0.6) is 0 Å². The summed E-state index contributed by atoms with van der Waals surface area (Å²) in [5.74, 6) is 4.89. The lowest BCUT2D eigenvalue weighted by Gasteiger charge is -2.36. The summed E-state index contributed by atoms with van der Waals surface area (Å²) in [6.45, 7) is 7.44. The molecule has 0 spiro atoms. The average Bonchev–Trinajstić information content (AvgIpc) is 2.52. The fourth-order valence-electron chi connectivity index (χ4n) is 2.56. The van der Waals surface area contributed by atoms with Gasteiger partial charge in [0.25, 0.3) is 5.91 Å². The molecule has 1 aliphatic rings. The topological polar surface area (TPSA) is 35.6 Å². The van der Waals surface area contributed by atoms with Crippen molar-refractivity contribution >= 4 is 23.2 Å². The van der Waals surface area contributed by atoms with E-state index < -0.39 is 0 Å². The van der Waals surface area contributed by atoms with Crippen LogP contribution in [0.15, 0.2) is 24.3 Å². The zero-order valence-electron chi connectivity index (χ0n) is 12.9. The van der Waals surface area contributed by atoms with Gasteiger partial charge in [0.15, 0.2) is 0 Å². The first-order valence-electron chi connectivity index (χ1n) is 7.62. The van der Waals surface area contributed by atoms with Crippen molar-refractivity contribution in [3.63, 3.8) is 0 Å². The van der Waals surface area contributed by atoms with Crippen molar-refractivity contribution in [3.8, 4) is 11.8 Å². The Hall–Kier alpha value is -1.70. The van der Waals surface area contributed by atoms with E-state index in [1.165, 1.54) is 5.69 Å². The van der Waals surface area contributed by atoms with E-state index in [0.29, 0.717) is 6.54 Å². The van der Waals surface area contributed by atoms with Gasteiger partial charge in [0.05, 0.1) is 0 Å². The SMILES string of the molecule is CC#CC(=O)NCCCN1CCN(c2cccc(Cl)c2)CC1. The Labute approximate surface area is 137 Å². The molecule has 1 heterocycles. The second kappa shape index (κ2) is 8.67.